The van der Waals surface area contributed by atoms with Gasteiger partial charge in [0.15, 0.2) is 0 Å². The van der Waals surface area contributed by atoms with Gasteiger partial charge in [0.05, 0.1) is 17.1 Å². The second kappa shape index (κ2) is 12.2. The highest BCUT2D eigenvalue weighted by atomic mass is 16.3. The van der Waals surface area contributed by atoms with E-state index in [1.54, 1.807) is 9.36 Å². The molecule has 3 rings (SSSR count). The average molecular weight is 433 g/mol. The third-order valence-electron chi connectivity index (χ3n) is 4.75. The van der Waals surface area contributed by atoms with Gasteiger partial charge in [-0.3, -0.25) is 18.9 Å². The number of aromatic nitrogens is 9. The highest BCUT2D eigenvalue weighted by molar-refractivity contribution is 4.99. The predicted molar refractivity (Wildman–Crippen MR) is 111 cm³/mol. The Hall–Kier alpha value is -2.70. The van der Waals surface area contributed by atoms with Gasteiger partial charge in [-0.25, -0.2) is 0 Å². The molecular weight excluding hydrogens is 400 g/mol. The number of hydrogen-bond donors (Lipinski definition) is 2. The average Bonchev–Trinajstić information content (AvgIpc) is 3.51. The van der Waals surface area contributed by atoms with Crippen LogP contribution < -0.4 is 0 Å². The minimum absolute atomic E-state index is 0.126. The number of aliphatic hydroxyl groups excluding tert-OH is 2. The summed E-state index contributed by atoms with van der Waals surface area (Å²) in [5.74, 6) is 0. The summed E-state index contributed by atoms with van der Waals surface area (Å²) in [6.45, 7) is 6.28. The first-order valence-corrected chi connectivity index (χ1v) is 10.8. The van der Waals surface area contributed by atoms with E-state index < -0.39 is 0 Å². The van der Waals surface area contributed by atoms with Gasteiger partial charge in [-0.2, -0.15) is 0 Å². The molecule has 0 fully saturated rings. The smallest absolute Gasteiger partial charge is 0.0967 e. The van der Waals surface area contributed by atoms with E-state index in [1.165, 1.54) is 0 Å². The summed E-state index contributed by atoms with van der Waals surface area (Å²) in [4.78, 5) is 2.18. The Morgan fingerprint density at radius 1 is 0.677 bits per heavy atom. The summed E-state index contributed by atoms with van der Waals surface area (Å²) < 4.78 is 5.37. The molecule has 0 aliphatic carbocycles. The minimum Gasteiger partial charge on any atom is -0.396 e. The Morgan fingerprint density at radius 3 is 1.42 bits per heavy atom. The number of aliphatic hydroxyl groups is 2. The molecule has 170 valence electrons. The van der Waals surface area contributed by atoms with Crippen molar-refractivity contribution in [3.63, 3.8) is 0 Å². The van der Waals surface area contributed by atoms with E-state index in [0.29, 0.717) is 45.6 Å². The van der Waals surface area contributed by atoms with Crippen molar-refractivity contribution < 1.29 is 10.2 Å². The normalized spacial score (nSPS) is 11.6. The Kier molecular flexibility index (Phi) is 9.06. The third-order valence-corrected chi connectivity index (χ3v) is 4.75. The van der Waals surface area contributed by atoms with Crippen LogP contribution >= 0.6 is 0 Å². The maximum atomic E-state index is 9.01. The van der Waals surface area contributed by atoms with Crippen molar-refractivity contribution >= 4 is 0 Å². The van der Waals surface area contributed by atoms with Crippen LogP contribution in [0.15, 0.2) is 18.6 Å². The second-order valence-corrected chi connectivity index (χ2v) is 7.57. The molecule has 0 radical (unpaired) electrons. The van der Waals surface area contributed by atoms with Crippen LogP contribution in [0.4, 0.5) is 0 Å². The Morgan fingerprint density at radius 2 is 1.06 bits per heavy atom. The first kappa shape index (κ1) is 23.0. The van der Waals surface area contributed by atoms with Gasteiger partial charge in [-0.15, -0.1) is 15.3 Å². The van der Waals surface area contributed by atoms with Gasteiger partial charge in [0, 0.05) is 71.1 Å². The zero-order valence-corrected chi connectivity index (χ0v) is 18.1. The maximum absolute atomic E-state index is 9.01. The van der Waals surface area contributed by atoms with E-state index in [0.717, 1.165) is 36.5 Å². The van der Waals surface area contributed by atoms with Crippen molar-refractivity contribution in [3.05, 3.63) is 35.7 Å². The summed E-state index contributed by atoms with van der Waals surface area (Å²) in [5, 5.41) is 43.4. The van der Waals surface area contributed by atoms with Gasteiger partial charge in [-0.1, -0.05) is 29.0 Å². The number of unbranched alkanes of at least 4 members (excludes halogenated alkanes) is 1. The third kappa shape index (κ3) is 7.49. The standard InChI is InChI=1S/C19H32N10O2/c1-2-3-6-27-14-17(20-23-27)11-26(12-18-15-28(24-21-18)7-4-9-30)13-19-16-29(25-22-19)8-5-10-31/h14-16,30-31H,2-13H2,1H3. The maximum Gasteiger partial charge on any atom is 0.0967 e. The predicted octanol–water partition coefficient (Wildman–Crippen LogP) is 0.228. The number of hydrogen-bond acceptors (Lipinski definition) is 9. The molecule has 3 aromatic heterocycles. The molecule has 0 bridgehead atoms. The fourth-order valence-electron chi connectivity index (χ4n) is 3.20. The Bertz CT molecular complexity index is 775. The highest BCUT2D eigenvalue weighted by Crippen LogP contribution is 2.11. The molecule has 12 nitrogen and oxygen atoms in total. The molecule has 31 heavy (non-hydrogen) atoms. The molecule has 12 heteroatoms. The van der Waals surface area contributed by atoms with E-state index in [4.69, 9.17) is 10.2 Å². The monoisotopic (exact) mass is 432 g/mol. The fraction of sp³-hybridized carbons (Fsp3) is 0.684. The van der Waals surface area contributed by atoms with Crippen molar-refractivity contribution in [1.82, 2.24) is 49.9 Å². The lowest BCUT2D eigenvalue weighted by molar-refractivity contribution is 0.238. The van der Waals surface area contributed by atoms with Crippen LogP contribution in [0.1, 0.15) is 49.7 Å². The highest BCUT2D eigenvalue weighted by Gasteiger charge is 2.15. The molecule has 0 saturated heterocycles. The largest absolute Gasteiger partial charge is 0.396 e. The van der Waals surface area contributed by atoms with Gasteiger partial charge in [0.1, 0.15) is 0 Å². The van der Waals surface area contributed by atoms with E-state index in [2.05, 4.69) is 42.8 Å². The van der Waals surface area contributed by atoms with Crippen LogP contribution in [0.2, 0.25) is 0 Å². The molecule has 0 aromatic carbocycles. The number of nitrogens with zero attached hydrogens (tertiary/aromatic N) is 10. The van der Waals surface area contributed by atoms with E-state index in [1.807, 2.05) is 23.3 Å². The fourth-order valence-corrected chi connectivity index (χ4v) is 3.20. The number of aryl methyl sites for hydroxylation is 3. The summed E-state index contributed by atoms with van der Waals surface area (Å²) in [6, 6.07) is 0. The van der Waals surface area contributed by atoms with Gasteiger partial charge >= 0.3 is 0 Å². The summed E-state index contributed by atoms with van der Waals surface area (Å²) in [7, 11) is 0. The minimum atomic E-state index is 0.126. The van der Waals surface area contributed by atoms with Gasteiger partial charge in [0.25, 0.3) is 0 Å². The van der Waals surface area contributed by atoms with E-state index >= 15 is 0 Å². The molecule has 0 aliphatic heterocycles. The topological polar surface area (TPSA) is 136 Å². The van der Waals surface area contributed by atoms with Crippen molar-refractivity contribution in [1.29, 1.82) is 0 Å². The van der Waals surface area contributed by atoms with Crippen LogP contribution in [0.3, 0.4) is 0 Å². The van der Waals surface area contributed by atoms with Crippen LogP contribution in [-0.4, -0.2) is 73.3 Å². The lowest BCUT2D eigenvalue weighted by atomic mass is 10.3. The SMILES string of the molecule is CCCCn1cc(CN(Cc2cn(CCCO)nn2)Cc2cn(CCCO)nn2)nn1. The van der Waals surface area contributed by atoms with Gasteiger partial charge in [-0.05, 0) is 19.3 Å². The van der Waals surface area contributed by atoms with E-state index in [9.17, 15) is 0 Å². The van der Waals surface area contributed by atoms with Crippen molar-refractivity contribution in [3.8, 4) is 0 Å². The van der Waals surface area contributed by atoms with E-state index in [-0.39, 0.29) is 13.2 Å². The van der Waals surface area contributed by atoms with Gasteiger partial charge < -0.3 is 10.2 Å². The number of rotatable bonds is 15. The molecule has 0 spiro atoms. The molecule has 2 N–H and O–H groups in total. The quantitative estimate of drug-likeness (QED) is 0.346. The summed E-state index contributed by atoms with van der Waals surface area (Å²) >= 11 is 0. The van der Waals surface area contributed by atoms with Gasteiger partial charge in [0.2, 0.25) is 0 Å². The Balaban J connectivity index is 1.67. The van der Waals surface area contributed by atoms with Crippen LogP contribution in [0, 0.1) is 0 Å². The first-order chi connectivity index (χ1) is 15.2. The second-order valence-electron chi connectivity index (χ2n) is 7.57. The zero-order chi connectivity index (χ0) is 21.9. The lowest BCUT2D eigenvalue weighted by Crippen LogP contribution is -2.23. The molecule has 3 aromatic rings. The molecule has 0 atom stereocenters. The first-order valence-electron chi connectivity index (χ1n) is 10.8. The Labute approximate surface area is 181 Å². The molecule has 0 amide bonds. The van der Waals surface area contributed by atoms with Crippen LogP contribution in [0.25, 0.3) is 0 Å². The molecule has 0 aliphatic rings. The van der Waals surface area contributed by atoms with Crippen LogP contribution in [-0.2, 0) is 39.3 Å². The van der Waals surface area contributed by atoms with Crippen molar-refractivity contribution in [2.24, 2.45) is 0 Å². The molecule has 0 saturated carbocycles. The van der Waals surface area contributed by atoms with Crippen LogP contribution in [0.5, 0.6) is 0 Å². The molecular formula is C19H32N10O2. The molecule has 0 unspecified atom stereocenters. The summed E-state index contributed by atoms with van der Waals surface area (Å²) in [6.07, 6.45) is 9.25. The lowest BCUT2D eigenvalue weighted by Gasteiger charge is -2.18. The van der Waals surface area contributed by atoms with Crippen molar-refractivity contribution in [2.45, 2.75) is 71.9 Å². The summed E-state index contributed by atoms with van der Waals surface area (Å²) in [5.41, 5.74) is 2.56. The molecule has 3 heterocycles. The zero-order valence-electron chi connectivity index (χ0n) is 18.1. The van der Waals surface area contributed by atoms with Crippen molar-refractivity contribution in [2.75, 3.05) is 13.2 Å².